The van der Waals surface area contributed by atoms with Crippen LogP contribution >= 0.6 is 39.9 Å². The van der Waals surface area contributed by atoms with Crippen LogP contribution in [0.25, 0.3) is 0 Å². The van der Waals surface area contributed by atoms with Crippen molar-refractivity contribution in [1.82, 2.24) is 15.5 Å². The lowest BCUT2D eigenvalue weighted by molar-refractivity contribution is 0.0548. The van der Waals surface area contributed by atoms with Gasteiger partial charge in [0.15, 0.2) is 5.96 Å². The van der Waals surface area contributed by atoms with E-state index in [1.807, 2.05) is 19.1 Å². The Balaban J connectivity index is 0.00000676. The molecule has 0 amide bonds. The van der Waals surface area contributed by atoms with Crippen molar-refractivity contribution in [3.63, 3.8) is 0 Å². The zero-order valence-corrected chi connectivity index (χ0v) is 20.6. The minimum absolute atomic E-state index is 0. The molecule has 0 aliphatic rings. The van der Waals surface area contributed by atoms with Gasteiger partial charge in [-0.15, -0.1) is 24.0 Å². The van der Waals surface area contributed by atoms with E-state index in [0.29, 0.717) is 19.6 Å². The number of benzene rings is 1. The third-order valence-corrected chi connectivity index (χ3v) is 4.45. The molecule has 0 saturated carbocycles. The Hall–Kier alpha value is -0.450. The Morgan fingerprint density at radius 2 is 2.07 bits per heavy atom. The number of nitrogens with zero attached hydrogens (tertiary/aromatic N) is 2. The molecular formula is C19H33BrFIN4O. The van der Waals surface area contributed by atoms with Gasteiger partial charge in [-0.25, -0.2) is 4.39 Å². The fourth-order valence-electron chi connectivity index (χ4n) is 2.52. The first-order valence-electron chi connectivity index (χ1n) is 9.11. The quantitative estimate of drug-likeness (QED) is 0.188. The normalized spacial score (nSPS) is 12.6. The molecule has 0 radical (unpaired) electrons. The van der Waals surface area contributed by atoms with Crippen molar-refractivity contribution in [3.8, 4) is 0 Å². The van der Waals surface area contributed by atoms with Crippen molar-refractivity contribution < 1.29 is 9.13 Å². The summed E-state index contributed by atoms with van der Waals surface area (Å²) >= 11 is 3.28. The third kappa shape index (κ3) is 11.9. The molecule has 0 fully saturated rings. The van der Waals surface area contributed by atoms with Crippen molar-refractivity contribution in [2.75, 3.05) is 47.4 Å². The van der Waals surface area contributed by atoms with E-state index in [9.17, 15) is 4.39 Å². The van der Waals surface area contributed by atoms with E-state index >= 15 is 0 Å². The first-order chi connectivity index (χ1) is 12.5. The van der Waals surface area contributed by atoms with Crippen LogP contribution in [0.4, 0.5) is 4.39 Å². The summed E-state index contributed by atoms with van der Waals surface area (Å²) in [5, 5.41) is 6.58. The number of hydrogen-bond donors (Lipinski definition) is 2. The predicted molar refractivity (Wildman–Crippen MR) is 126 cm³/mol. The SMILES string of the molecule is CCOC(CCN(C)C)CNC(=NC)NCCCc1ccc(Br)cc1F.I. The lowest BCUT2D eigenvalue weighted by Gasteiger charge is -2.21. The number of hydrogen-bond acceptors (Lipinski definition) is 3. The van der Waals surface area contributed by atoms with E-state index in [1.54, 1.807) is 7.05 Å². The summed E-state index contributed by atoms with van der Waals surface area (Å²) in [5.74, 6) is 0.582. The molecule has 0 bridgehead atoms. The second-order valence-corrected chi connectivity index (χ2v) is 7.30. The molecule has 1 aromatic rings. The molecule has 0 saturated heterocycles. The maximum Gasteiger partial charge on any atom is 0.191 e. The van der Waals surface area contributed by atoms with Crippen molar-refractivity contribution in [2.45, 2.75) is 32.3 Å². The highest BCUT2D eigenvalue weighted by molar-refractivity contribution is 14.0. The van der Waals surface area contributed by atoms with Crippen molar-refractivity contribution in [2.24, 2.45) is 4.99 Å². The van der Waals surface area contributed by atoms with Gasteiger partial charge in [0.25, 0.3) is 0 Å². The number of rotatable bonds is 11. The molecule has 0 heterocycles. The zero-order valence-electron chi connectivity index (χ0n) is 16.7. The topological polar surface area (TPSA) is 48.9 Å². The number of nitrogens with one attached hydrogen (secondary N) is 2. The number of ether oxygens (including phenoxy) is 1. The van der Waals surface area contributed by atoms with E-state index in [1.165, 1.54) is 6.07 Å². The lowest BCUT2D eigenvalue weighted by Crippen LogP contribution is -2.42. The minimum atomic E-state index is -0.165. The van der Waals surface area contributed by atoms with Gasteiger partial charge in [0.05, 0.1) is 6.10 Å². The van der Waals surface area contributed by atoms with E-state index in [4.69, 9.17) is 4.74 Å². The molecule has 1 rings (SSSR count). The number of aryl methyl sites for hydroxylation is 1. The Morgan fingerprint density at radius 1 is 1.33 bits per heavy atom. The first kappa shape index (κ1) is 26.6. The molecular weight excluding hydrogens is 526 g/mol. The zero-order chi connectivity index (χ0) is 19.4. The summed E-state index contributed by atoms with van der Waals surface area (Å²) < 4.78 is 20.3. The molecule has 0 aromatic heterocycles. The molecule has 1 atom stereocenters. The summed E-state index contributed by atoms with van der Waals surface area (Å²) in [6.45, 7) is 5.13. The number of guanidine groups is 1. The fraction of sp³-hybridized carbons (Fsp3) is 0.632. The first-order valence-corrected chi connectivity index (χ1v) is 9.90. The van der Waals surface area contributed by atoms with Crippen molar-refractivity contribution in [3.05, 3.63) is 34.1 Å². The van der Waals surface area contributed by atoms with Gasteiger partial charge in [-0.3, -0.25) is 4.99 Å². The molecule has 8 heteroatoms. The average molecular weight is 559 g/mol. The molecule has 1 aromatic carbocycles. The summed E-state index contributed by atoms with van der Waals surface area (Å²) in [6, 6.07) is 5.20. The smallest absolute Gasteiger partial charge is 0.191 e. The Morgan fingerprint density at radius 3 is 2.67 bits per heavy atom. The lowest BCUT2D eigenvalue weighted by atomic mass is 10.1. The highest BCUT2D eigenvalue weighted by atomic mass is 127. The predicted octanol–water partition coefficient (Wildman–Crippen LogP) is 3.66. The van der Waals surface area contributed by atoms with Crippen molar-refractivity contribution in [1.29, 1.82) is 0 Å². The summed E-state index contributed by atoms with van der Waals surface area (Å²) in [4.78, 5) is 6.39. The summed E-state index contributed by atoms with van der Waals surface area (Å²) in [7, 11) is 5.87. The number of halogens is 3. The number of aliphatic imine (C=N–C) groups is 1. The average Bonchev–Trinajstić information content (AvgIpc) is 2.60. The van der Waals surface area contributed by atoms with Crippen LogP contribution in [-0.2, 0) is 11.2 Å². The minimum Gasteiger partial charge on any atom is -0.377 e. The maximum atomic E-state index is 13.8. The second-order valence-electron chi connectivity index (χ2n) is 6.39. The maximum absolute atomic E-state index is 13.8. The van der Waals surface area contributed by atoms with E-state index in [2.05, 4.69) is 50.6 Å². The van der Waals surface area contributed by atoms with Gasteiger partial charge >= 0.3 is 0 Å². The van der Waals surface area contributed by atoms with Crippen LogP contribution < -0.4 is 10.6 Å². The second kappa shape index (κ2) is 15.5. The van der Waals surface area contributed by atoms with Gasteiger partial charge in [0.2, 0.25) is 0 Å². The van der Waals surface area contributed by atoms with Gasteiger partial charge < -0.3 is 20.3 Å². The van der Waals surface area contributed by atoms with Gasteiger partial charge in [-0.2, -0.15) is 0 Å². The van der Waals surface area contributed by atoms with Crippen LogP contribution in [0, 0.1) is 5.82 Å². The molecule has 2 N–H and O–H groups in total. The van der Waals surface area contributed by atoms with Crippen LogP contribution in [0.15, 0.2) is 27.7 Å². The van der Waals surface area contributed by atoms with E-state index in [0.717, 1.165) is 41.9 Å². The van der Waals surface area contributed by atoms with Gasteiger partial charge in [-0.1, -0.05) is 22.0 Å². The highest BCUT2D eigenvalue weighted by Gasteiger charge is 2.10. The molecule has 1 unspecified atom stereocenters. The van der Waals surface area contributed by atoms with Crippen molar-refractivity contribution >= 4 is 45.9 Å². The molecule has 0 aliphatic carbocycles. The molecule has 0 spiro atoms. The Bertz CT molecular complexity index is 561. The molecule has 0 aliphatic heterocycles. The van der Waals surface area contributed by atoms with Crippen LogP contribution in [0.5, 0.6) is 0 Å². The highest BCUT2D eigenvalue weighted by Crippen LogP contribution is 2.16. The Labute approximate surface area is 188 Å². The van der Waals surface area contributed by atoms with Gasteiger partial charge in [0.1, 0.15) is 5.82 Å². The van der Waals surface area contributed by atoms with Gasteiger partial charge in [-0.05, 0) is 58.0 Å². The largest absolute Gasteiger partial charge is 0.377 e. The van der Waals surface area contributed by atoms with E-state index < -0.39 is 0 Å². The fourth-order valence-corrected chi connectivity index (χ4v) is 2.86. The van der Waals surface area contributed by atoms with Crippen LogP contribution in [0.3, 0.4) is 0 Å². The molecule has 5 nitrogen and oxygen atoms in total. The Kier molecular flexibility index (Phi) is 15.2. The summed E-state index contributed by atoms with van der Waals surface area (Å²) in [5.41, 5.74) is 0.734. The summed E-state index contributed by atoms with van der Waals surface area (Å²) in [6.07, 6.45) is 2.63. The van der Waals surface area contributed by atoms with Gasteiger partial charge in [0, 0.05) is 37.8 Å². The monoisotopic (exact) mass is 558 g/mol. The van der Waals surface area contributed by atoms with Crippen LogP contribution in [0.2, 0.25) is 0 Å². The molecule has 156 valence electrons. The van der Waals surface area contributed by atoms with Crippen LogP contribution in [-0.4, -0.2) is 64.3 Å². The van der Waals surface area contributed by atoms with E-state index in [-0.39, 0.29) is 35.9 Å². The molecule has 27 heavy (non-hydrogen) atoms. The standard InChI is InChI=1S/C19H32BrFN4O.HI/c1-5-26-17(10-12-25(3)4)14-24-19(22-2)23-11-6-7-15-8-9-16(20)13-18(15)21;/h8-9,13,17H,5-7,10-12,14H2,1-4H3,(H2,22,23,24);1H. The third-order valence-electron chi connectivity index (χ3n) is 3.95. The van der Waals surface area contributed by atoms with Crippen LogP contribution in [0.1, 0.15) is 25.3 Å².